The molecule has 2 rings (SSSR count). The van der Waals surface area contributed by atoms with Gasteiger partial charge in [-0.15, -0.1) is 0 Å². The van der Waals surface area contributed by atoms with E-state index in [9.17, 15) is 0 Å². The average molecular weight is 372 g/mol. The number of fused-ring (bicyclic) bond motifs is 1. The first-order chi connectivity index (χ1) is 11.1. The molecule has 0 aliphatic carbocycles. The van der Waals surface area contributed by atoms with Crippen LogP contribution >= 0.6 is 15.9 Å². The SMILES string of the molecule is C\C=C(NCc1ccc2nccnc2c1)/C(Br)=C\C=C(/C)CC. The highest BCUT2D eigenvalue weighted by molar-refractivity contribution is 9.12. The number of hydrogen-bond acceptors (Lipinski definition) is 3. The molecule has 0 saturated heterocycles. The molecule has 1 N–H and O–H groups in total. The van der Waals surface area contributed by atoms with Crippen LogP contribution in [0.15, 0.2) is 64.6 Å². The molecule has 0 bridgehead atoms. The van der Waals surface area contributed by atoms with Crippen LogP contribution in [0.4, 0.5) is 0 Å². The minimum absolute atomic E-state index is 0.742. The first-order valence-electron chi connectivity index (χ1n) is 7.77. The monoisotopic (exact) mass is 371 g/mol. The van der Waals surface area contributed by atoms with Crippen molar-refractivity contribution < 1.29 is 0 Å². The molecule has 1 aromatic carbocycles. The number of rotatable bonds is 6. The molecule has 0 spiro atoms. The summed E-state index contributed by atoms with van der Waals surface area (Å²) in [4.78, 5) is 8.64. The molecule has 0 radical (unpaired) electrons. The van der Waals surface area contributed by atoms with Crippen molar-refractivity contribution in [1.82, 2.24) is 15.3 Å². The van der Waals surface area contributed by atoms with E-state index in [-0.39, 0.29) is 0 Å². The Morgan fingerprint density at radius 1 is 1.17 bits per heavy atom. The third-order valence-corrected chi connectivity index (χ3v) is 4.33. The number of aromatic nitrogens is 2. The molecule has 0 aliphatic rings. The summed E-state index contributed by atoms with van der Waals surface area (Å²) in [5, 5.41) is 3.46. The molecule has 0 atom stereocenters. The molecule has 4 heteroatoms. The number of hydrogen-bond donors (Lipinski definition) is 1. The highest BCUT2D eigenvalue weighted by Crippen LogP contribution is 2.17. The molecule has 0 unspecified atom stereocenters. The molecule has 0 fully saturated rings. The molecule has 0 saturated carbocycles. The fourth-order valence-electron chi connectivity index (χ4n) is 2.06. The van der Waals surface area contributed by atoms with Crippen molar-refractivity contribution in [2.24, 2.45) is 0 Å². The number of allylic oxidation sites excluding steroid dienone is 5. The molecular weight excluding hydrogens is 350 g/mol. The van der Waals surface area contributed by atoms with Crippen molar-refractivity contribution in [3.05, 3.63) is 70.1 Å². The third-order valence-electron chi connectivity index (χ3n) is 3.63. The lowest BCUT2D eigenvalue weighted by molar-refractivity contribution is 0.829. The van der Waals surface area contributed by atoms with Gasteiger partial charge in [0.05, 0.1) is 11.0 Å². The molecule has 3 nitrogen and oxygen atoms in total. The second kappa shape index (κ2) is 8.63. The zero-order valence-electron chi connectivity index (χ0n) is 13.8. The van der Waals surface area contributed by atoms with Crippen molar-refractivity contribution >= 4 is 27.0 Å². The Hall–Kier alpha value is -1.94. The van der Waals surface area contributed by atoms with Gasteiger partial charge in [0.2, 0.25) is 0 Å². The van der Waals surface area contributed by atoms with Crippen LogP contribution in [0, 0.1) is 0 Å². The van der Waals surface area contributed by atoms with Crippen LogP contribution < -0.4 is 5.32 Å². The Bertz CT molecular complexity index is 760. The second-order valence-electron chi connectivity index (χ2n) is 5.32. The standard InChI is InChI=1S/C19H22BrN3/c1-4-14(3)6-8-16(20)17(5-2)23-13-15-7-9-18-19(12-15)22-11-10-21-18/h5-12,23H,4,13H2,1-3H3/b14-6+,16-8+,17-5+. The lowest BCUT2D eigenvalue weighted by atomic mass is 10.2. The molecule has 0 amide bonds. The summed E-state index contributed by atoms with van der Waals surface area (Å²) >= 11 is 3.64. The predicted molar refractivity (Wildman–Crippen MR) is 101 cm³/mol. The Kier molecular flexibility index (Phi) is 6.53. The normalized spacial score (nSPS) is 13.5. The molecule has 120 valence electrons. The highest BCUT2D eigenvalue weighted by Gasteiger charge is 2.02. The fourth-order valence-corrected chi connectivity index (χ4v) is 2.56. The van der Waals surface area contributed by atoms with E-state index in [0.717, 1.165) is 34.2 Å². The van der Waals surface area contributed by atoms with Crippen LogP contribution in [0.25, 0.3) is 11.0 Å². The molecule has 0 aliphatic heterocycles. The topological polar surface area (TPSA) is 37.8 Å². The van der Waals surface area contributed by atoms with Gasteiger partial charge in [-0.1, -0.05) is 30.7 Å². The van der Waals surface area contributed by atoms with E-state index in [1.165, 1.54) is 11.1 Å². The largest absolute Gasteiger partial charge is 0.380 e. The summed E-state index contributed by atoms with van der Waals surface area (Å²) in [5.41, 5.74) is 5.45. The predicted octanol–water partition coefficient (Wildman–Crippen LogP) is 5.26. The number of halogens is 1. The Morgan fingerprint density at radius 3 is 2.61 bits per heavy atom. The van der Waals surface area contributed by atoms with E-state index >= 15 is 0 Å². The van der Waals surface area contributed by atoms with Gasteiger partial charge in [-0.25, -0.2) is 0 Å². The number of nitrogens with zero attached hydrogens (tertiary/aromatic N) is 2. The number of benzene rings is 1. The van der Waals surface area contributed by atoms with E-state index in [1.54, 1.807) is 12.4 Å². The van der Waals surface area contributed by atoms with Crippen LogP contribution in [-0.2, 0) is 6.54 Å². The molecule has 1 aromatic heterocycles. The summed E-state index contributed by atoms with van der Waals surface area (Å²) in [6, 6.07) is 6.16. The summed E-state index contributed by atoms with van der Waals surface area (Å²) in [6.45, 7) is 7.06. The van der Waals surface area contributed by atoms with E-state index in [1.807, 2.05) is 13.0 Å². The van der Waals surface area contributed by atoms with Gasteiger partial charge in [0.15, 0.2) is 0 Å². The smallest absolute Gasteiger partial charge is 0.0890 e. The molecule has 1 heterocycles. The van der Waals surface area contributed by atoms with Gasteiger partial charge < -0.3 is 5.32 Å². The molecule has 2 aromatic rings. The van der Waals surface area contributed by atoms with Gasteiger partial charge >= 0.3 is 0 Å². The van der Waals surface area contributed by atoms with Gasteiger partial charge in [-0.05, 0) is 60.0 Å². The third kappa shape index (κ3) is 5.03. The van der Waals surface area contributed by atoms with Crippen molar-refractivity contribution in [2.75, 3.05) is 0 Å². The van der Waals surface area contributed by atoms with Crippen molar-refractivity contribution in [3.63, 3.8) is 0 Å². The lowest BCUT2D eigenvalue weighted by Crippen LogP contribution is -2.12. The summed E-state index contributed by atoms with van der Waals surface area (Å²) in [5.74, 6) is 0. The van der Waals surface area contributed by atoms with Crippen LogP contribution in [0.5, 0.6) is 0 Å². The van der Waals surface area contributed by atoms with Gasteiger partial charge in [-0.3, -0.25) is 9.97 Å². The average Bonchev–Trinajstić information content (AvgIpc) is 2.59. The number of nitrogens with one attached hydrogen (secondary N) is 1. The Labute approximate surface area is 146 Å². The Morgan fingerprint density at radius 2 is 1.91 bits per heavy atom. The van der Waals surface area contributed by atoms with Crippen LogP contribution in [0.3, 0.4) is 0 Å². The van der Waals surface area contributed by atoms with Crippen molar-refractivity contribution in [3.8, 4) is 0 Å². The van der Waals surface area contributed by atoms with Crippen molar-refractivity contribution in [2.45, 2.75) is 33.7 Å². The maximum absolute atomic E-state index is 4.35. The van der Waals surface area contributed by atoms with Crippen LogP contribution in [0.2, 0.25) is 0 Å². The summed E-state index contributed by atoms with van der Waals surface area (Å²) in [7, 11) is 0. The second-order valence-corrected chi connectivity index (χ2v) is 6.17. The van der Waals surface area contributed by atoms with Gasteiger partial charge in [0.25, 0.3) is 0 Å². The van der Waals surface area contributed by atoms with E-state index in [4.69, 9.17) is 0 Å². The minimum Gasteiger partial charge on any atom is -0.380 e. The summed E-state index contributed by atoms with van der Waals surface area (Å²) < 4.78 is 1.05. The van der Waals surface area contributed by atoms with Crippen LogP contribution in [-0.4, -0.2) is 9.97 Å². The van der Waals surface area contributed by atoms with E-state index < -0.39 is 0 Å². The van der Waals surface area contributed by atoms with Crippen LogP contribution in [0.1, 0.15) is 32.8 Å². The summed E-state index contributed by atoms with van der Waals surface area (Å²) in [6.07, 6.45) is 10.8. The first-order valence-corrected chi connectivity index (χ1v) is 8.56. The minimum atomic E-state index is 0.742. The van der Waals surface area contributed by atoms with E-state index in [0.29, 0.717) is 0 Å². The van der Waals surface area contributed by atoms with Gasteiger partial charge in [0, 0.05) is 29.1 Å². The molecular formula is C19H22BrN3. The Balaban J connectivity index is 2.07. The van der Waals surface area contributed by atoms with Gasteiger partial charge in [0.1, 0.15) is 0 Å². The highest BCUT2D eigenvalue weighted by atomic mass is 79.9. The quantitative estimate of drug-likeness (QED) is 0.703. The molecule has 23 heavy (non-hydrogen) atoms. The zero-order chi connectivity index (χ0) is 16.7. The lowest BCUT2D eigenvalue weighted by Gasteiger charge is -2.10. The maximum Gasteiger partial charge on any atom is 0.0890 e. The van der Waals surface area contributed by atoms with Crippen molar-refractivity contribution in [1.29, 1.82) is 0 Å². The van der Waals surface area contributed by atoms with E-state index in [2.05, 4.69) is 75.4 Å². The zero-order valence-corrected chi connectivity index (χ0v) is 15.4. The fraction of sp³-hybridized carbons (Fsp3) is 0.263. The first kappa shape index (κ1) is 17.4. The maximum atomic E-state index is 4.35. The van der Waals surface area contributed by atoms with Gasteiger partial charge in [-0.2, -0.15) is 0 Å².